The molecule has 1 rings (SSSR count). The average molecular weight is 210 g/mol. The molecule has 0 bridgehead atoms. The topological polar surface area (TPSA) is 41.8 Å². The molecule has 0 aliphatic carbocycles. The van der Waals surface area contributed by atoms with Gasteiger partial charge in [-0.05, 0) is 18.2 Å². The van der Waals surface area contributed by atoms with Gasteiger partial charge in [-0.1, -0.05) is 22.7 Å². The molecule has 0 aliphatic heterocycles. The summed E-state index contributed by atoms with van der Waals surface area (Å²) in [5, 5.41) is 11.8. The summed E-state index contributed by atoms with van der Waals surface area (Å²) >= 11 is 5.75. The maximum Gasteiger partial charge on any atom is 0.148 e. The number of benzene rings is 1. The highest BCUT2D eigenvalue weighted by atomic mass is 35.5. The number of hydrogen-bond acceptors (Lipinski definition) is 3. The van der Waals surface area contributed by atoms with E-state index in [9.17, 15) is 0 Å². The molecular formula is C10H8ClNO2. The van der Waals surface area contributed by atoms with E-state index in [0.717, 1.165) is 0 Å². The van der Waals surface area contributed by atoms with Gasteiger partial charge in [-0.2, -0.15) is 0 Å². The minimum atomic E-state index is 0.161. The van der Waals surface area contributed by atoms with Crippen LogP contribution in [0.5, 0.6) is 5.75 Å². The maximum absolute atomic E-state index is 8.39. The zero-order valence-corrected chi connectivity index (χ0v) is 8.03. The highest BCUT2D eigenvalue weighted by Gasteiger charge is 2.01. The molecule has 0 unspecified atom stereocenters. The van der Waals surface area contributed by atoms with Gasteiger partial charge < -0.3 is 9.94 Å². The first kappa shape index (κ1) is 10.4. The Kier molecular flexibility index (Phi) is 3.84. The van der Waals surface area contributed by atoms with Crippen LogP contribution in [0.15, 0.2) is 23.4 Å². The first-order valence-electron chi connectivity index (χ1n) is 3.81. The predicted octanol–water partition coefficient (Wildman–Crippen LogP) is 2.16. The van der Waals surface area contributed by atoms with Crippen LogP contribution in [0.3, 0.4) is 0 Å². The van der Waals surface area contributed by atoms with Gasteiger partial charge in [-0.15, -0.1) is 6.42 Å². The lowest BCUT2D eigenvalue weighted by molar-refractivity contribution is 0.321. The monoisotopic (exact) mass is 209 g/mol. The summed E-state index contributed by atoms with van der Waals surface area (Å²) in [7, 11) is 0. The van der Waals surface area contributed by atoms with Gasteiger partial charge >= 0.3 is 0 Å². The Morgan fingerprint density at radius 3 is 3.07 bits per heavy atom. The Balaban J connectivity index is 2.97. The van der Waals surface area contributed by atoms with E-state index in [4.69, 9.17) is 28.0 Å². The smallest absolute Gasteiger partial charge is 0.148 e. The van der Waals surface area contributed by atoms with Crippen LogP contribution in [-0.4, -0.2) is 18.0 Å². The molecule has 14 heavy (non-hydrogen) atoms. The number of ether oxygens (including phenoxy) is 1. The summed E-state index contributed by atoms with van der Waals surface area (Å²) in [6, 6.07) is 4.95. The minimum Gasteiger partial charge on any atom is -0.480 e. The third-order valence-electron chi connectivity index (χ3n) is 1.48. The fourth-order valence-corrected chi connectivity index (χ4v) is 1.11. The molecule has 3 nitrogen and oxygen atoms in total. The van der Waals surface area contributed by atoms with Gasteiger partial charge in [0, 0.05) is 10.6 Å². The quantitative estimate of drug-likeness (QED) is 0.359. The van der Waals surface area contributed by atoms with Crippen molar-refractivity contribution >= 4 is 17.8 Å². The second kappa shape index (κ2) is 5.15. The van der Waals surface area contributed by atoms with Crippen LogP contribution in [-0.2, 0) is 0 Å². The molecule has 0 heterocycles. The van der Waals surface area contributed by atoms with E-state index in [1.165, 1.54) is 6.21 Å². The van der Waals surface area contributed by atoms with Crippen LogP contribution in [0.2, 0.25) is 5.02 Å². The summed E-state index contributed by atoms with van der Waals surface area (Å²) in [5.74, 6) is 2.87. The number of halogens is 1. The zero-order valence-electron chi connectivity index (χ0n) is 7.27. The van der Waals surface area contributed by atoms with Gasteiger partial charge in [0.1, 0.15) is 12.4 Å². The minimum absolute atomic E-state index is 0.161. The summed E-state index contributed by atoms with van der Waals surface area (Å²) < 4.78 is 5.20. The van der Waals surface area contributed by atoms with Crippen molar-refractivity contribution in [3.05, 3.63) is 28.8 Å². The van der Waals surface area contributed by atoms with Crippen molar-refractivity contribution in [2.45, 2.75) is 0 Å². The number of rotatable bonds is 3. The maximum atomic E-state index is 8.39. The molecule has 72 valence electrons. The normalized spacial score (nSPS) is 10.0. The van der Waals surface area contributed by atoms with Crippen molar-refractivity contribution in [3.63, 3.8) is 0 Å². The second-order valence-corrected chi connectivity index (χ2v) is 2.86. The molecule has 1 aromatic rings. The van der Waals surface area contributed by atoms with E-state index in [1.54, 1.807) is 18.2 Å². The molecule has 0 saturated heterocycles. The Bertz CT molecular complexity index is 382. The first-order chi connectivity index (χ1) is 6.77. The van der Waals surface area contributed by atoms with Crippen LogP contribution in [0.1, 0.15) is 5.56 Å². The van der Waals surface area contributed by atoms with Gasteiger partial charge in [0.25, 0.3) is 0 Å². The molecule has 0 aliphatic rings. The SMILES string of the molecule is C#CCOc1ccc(Cl)cc1C=NO. The molecule has 0 spiro atoms. The molecule has 0 atom stereocenters. The third kappa shape index (κ3) is 2.68. The molecule has 0 saturated carbocycles. The number of oxime groups is 1. The van der Waals surface area contributed by atoms with Crippen LogP contribution >= 0.6 is 11.6 Å². The lowest BCUT2D eigenvalue weighted by Gasteiger charge is -2.05. The largest absolute Gasteiger partial charge is 0.480 e. The Morgan fingerprint density at radius 2 is 2.43 bits per heavy atom. The van der Waals surface area contributed by atoms with Crippen molar-refractivity contribution in [2.75, 3.05) is 6.61 Å². The van der Waals surface area contributed by atoms with Gasteiger partial charge in [0.15, 0.2) is 0 Å². The van der Waals surface area contributed by atoms with Crippen LogP contribution in [0, 0.1) is 12.3 Å². The molecule has 1 aromatic carbocycles. The highest BCUT2D eigenvalue weighted by Crippen LogP contribution is 2.21. The molecule has 0 radical (unpaired) electrons. The summed E-state index contributed by atoms with van der Waals surface area (Å²) in [5.41, 5.74) is 0.579. The van der Waals surface area contributed by atoms with Gasteiger partial charge in [0.05, 0.1) is 6.21 Å². The van der Waals surface area contributed by atoms with Gasteiger partial charge in [0.2, 0.25) is 0 Å². The van der Waals surface area contributed by atoms with Gasteiger partial charge in [-0.3, -0.25) is 0 Å². The van der Waals surface area contributed by atoms with Crippen molar-refractivity contribution in [1.82, 2.24) is 0 Å². The third-order valence-corrected chi connectivity index (χ3v) is 1.71. The lowest BCUT2D eigenvalue weighted by Crippen LogP contribution is -1.97. The van der Waals surface area contributed by atoms with E-state index in [-0.39, 0.29) is 6.61 Å². The molecule has 0 aromatic heterocycles. The Morgan fingerprint density at radius 1 is 1.64 bits per heavy atom. The molecule has 1 N–H and O–H groups in total. The number of hydrogen-bond donors (Lipinski definition) is 1. The van der Waals surface area contributed by atoms with Crippen LogP contribution < -0.4 is 4.74 Å². The molecule has 4 heteroatoms. The summed E-state index contributed by atoms with van der Waals surface area (Å²) in [4.78, 5) is 0. The van der Waals surface area contributed by atoms with Crippen molar-refractivity contribution in [1.29, 1.82) is 0 Å². The van der Waals surface area contributed by atoms with E-state index in [1.807, 2.05) is 0 Å². The Hall–Kier alpha value is -1.66. The van der Waals surface area contributed by atoms with Crippen LogP contribution in [0.4, 0.5) is 0 Å². The molecular weight excluding hydrogens is 202 g/mol. The van der Waals surface area contributed by atoms with Gasteiger partial charge in [-0.25, -0.2) is 0 Å². The Labute approximate surface area is 87.0 Å². The summed E-state index contributed by atoms with van der Waals surface area (Å²) in [6.45, 7) is 0.161. The van der Waals surface area contributed by atoms with Crippen molar-refractivity contribution < 1.29 is 9.94 Å². The predicted molar refractivity (Wildman–Crippen MR) is 55.2 cm³/mol. The average Bonchev–Trinajstić information content (AvgIpc) is 2.17. The first-order valence-corrected chi connectivity index (χ1v) is 4.19. The summed E-state index contributed by atoms with van der Waals surface area (Å²) in [6.07, 6.45) is 6.28. The fourth-order valence-electron chi connectivity index (χ4n) is 0.933. The van der Waals surface area contributed by atoms with E-state index in [2.05, 4.69) is 11.1 Å². The number of terminal acetylenes is 1. The van der Waals surface area contributed by atoms with Crippen LogP contribution in [0.25, 0.3) is 0 Å². The number of nitrogens with zero attached hydrogens (tertiary/aromatic N) is 1. The molecule has 0 fully saturated rings. The van der Waals surface area contributed by atoms with E-state index < -0.39 is 0 Å². The van der Waals surface area contributed by atoms with E-state index in [0.29, 0.717) is 16.3 Å². The molecule has 0 amide bonds. The highest BCUT2D eigenvalue weighted by molar-refractivity contribution is 6.30. The lowest BCUT2D eigenvalue weighted by atomic mass is 10.2. The van der Waals surface area contributed by atoms with E-state index >= 15 is 0 Å². The van der Waals surface area contributed by atoms with Crippen molar-refractivity contribution in [3.8, 4) is 18.1 Å². The van der Waals surface area contributed by atoms with Crippen molar-refractivity contribution in [2.24, 2.45) is 5.16 Å². The fraction of sp³-hybridized carbons (Fsp3) is 0.100. The second-order valence-electron chi connectivity index (χ2n) is 2.42. The standard InChI is InChI=1S/C10H8ClNO2/c1-2-5-14-10-4-3-9(11)6-8(10)7-12-13/h1,3-4,6-7,13H,5H2. The zero-order chi connectivity index (χ0) is 10.4.